The summed E-state index contributed by atoms with van der Waals surface area (Å²) in [6.07, 6.45) is -0.424. The second-order valence-corrected chi connectivity index (χ2v) is 4.62. The third-order valence-electron chi connectivity index (χ3n) is 2.31. The molecule has 18 heavy (non-hydrogen) atoms. The smallest absolute Gasteiger partial charge is 0.225 e. The molecule has 0 heterocycles. The second-order valence-electron chi connectivity index (χ2n) is 4.62. The monoisotopic (exact) mass is 261 g/mol. The molecule has 0 atom stereocenters. The van der Waals surface area contributed by atoms with Crippen LogP contribution in [0.1, 0.15) is 19.4 Å². The molecule has 100 valence electrons. The van der Waals surface area contributed by atoms with Crippen molar-refractivity contribution in [1.82, 2.24) is 5.32 Å². The molecule has 0 unspecified atom stereocenters. The molecule has 0 bridgehead atoms. The standard InChI is InChI=1S/C12H14F3NO2/c1-12(2,6-17)16-11(18)4-7-3-9(14)10(15)5-8(7)13/h3,5,17H,4,6H2,1-2H3,(H,16,18). The van der Waals surface area contributed by atoms with E-state index < -0.39 is 35.3 Å². The molecular weight excluding hydrogens is 247 g/mol. The van der Waals surface area contributed by atoms with Gasteiger partial charge in [0.1, 0.15) is 5.82 Å². The molecule has 0 aliphatic heterocycles. The Morgan fingerprint density at radius 1 is 1.22 bits per heavy atom. The largest absolute Gasteiger partial charge is 0.394 e. The van der Waals surface area contributed by atoms with Gasteiger partial charge in [0.15, 0.2) is 11.6 Å². The van der Waals surface area contributed by atoms with Crippen LogP contribution in [0.2, 0.25) is 0 Å². The van der Waals surface area contributed by atoms with E-state index in [4.69, 9.17) is 5.11 Å². The summed E-state index contributed by atoms with van der Waals surface area (Å²) in [5.41, 5.74) is -1.09. The van der Waals surface area contributed by atoms with Crippen molar-refractivity contribution in [3.63, 3.8) is 0 Å². The lowest BCUT2D eigenvalue weighted by molar-refractivity contribution is -0.122. The number of nitrogens with one attached hydrogen (secondary N) is 1. The minimum absolute atomic E-state index is 0.236. The Morgan fingerprint density at radius 3 is 2.33 bits per heavy atom. The fourth-order valence-corrected chi connectivity index (χ4v) is 1.33. The van der Waals surface area contributed by atoms with Crippen LogP contribution >= 0.6 is 0 Å². The van der Waals surface area contributed by atoms with Gasteiger partial charge in [-0.1, -0.05) is 0 Å². The zero-order chi connectivity index (χ0) is 13.9. The number of aliphatic hydroxyl groups is 1. The quantitative estimate of drug-likeness (QED) is 0.808. The zero-order valence-corrected chi connectivity index (χ0v) is 10.1. The van der Waals surface area contributed by atoms with Crippen molar-refractivity contribution in [2.45, 2.75) is 25.8 Å². The van der Waals surface area contributed by atoms with E-state index >= 15 is 0 Å². The topological polar surface area (TPSA) is 49.3 Å². The summed E-state index contributed by atoms with van der Waals surface area (Å²) in [6, 6.07) is 1.05. The Balaban J connectivity index is 2.80. The molecule has 0 fully saturated rings. The van der Waals surface area contributed by atoms with Gasteiger partial charge in [-0.05, 0) is 19.9 Å². The minimum atomic E-state index is -1.30. The molecule has 6 heteroatoms. The maximum absolute atomic E-state index is 13.3. The Hall–Kier alpha value is -1.56. The molecule has 0 saturated carbocycles. The molecule has 1 aromatic rings. The number of aliphatic hydroxyl groups excluding tert-OH is 1. The fourth-order valence-electron chi connectivity index (χ4n) is 1.33. The van der Waals surface area contributed by atoms with Gasteiger partial charge in [-0.25, -0.2) is 13.2 Å². The highest BCUT2D eigenvalue weighted by molar-refractivity contribution is 5.79. The highest BCUT2D eigenvalue weighted by Crippen LogP contribution is 2.14. The minimum Gasteiger partial charge on any atom is -0.394 e. The van der Waals surface area contributed by atoms with E-state index in [2.05, 4.69) is 5.32 Å². The van der Waals surface area contributed by atoms with Crippen molar-refractivity contribution in [3.8, 4) is 0 Å². The Kier molecular flexibility index (Phi) is 4.34. The molecule has 1 rings (SSSR count). The van der Waals surface area contributed by atoms with Crippen LogP contribution in [0, 0.1) is 17.5 Å². The maximum Gasteiger partial charge on any atom is 0.225 e. The molecule has 0 aromatic heterocycles. The van der Waals surface area contributed by atoms with Crippen LogP contribution in [-0.4, -0.2) is 23.2 Å². The highest BCUT2D eigenvalue weighted by atomic mass is 19.2. The van der Waals surface area contributed by atoms with Crippen LogP contribution in [0.5, 0.6) is 0 Å². The van der Waals surface area contributed by atoms with Crippen molar-refractivity contribution in [3.05, 3.63) is 35.1 Å². The van der Waals surface area contributed by atoms with E-state index in [0.29, 0.717) is 12.1 Å². The van der Waals surface area contributed by atoms with E-state index in [1.807, 2.05) is 0 Å². The molecule has 1 amide bonds. The van der Waals surface area contributed by atoms with Gasteiger partial charge in [0.25, 0.3) is 0 Å². The summed E-state index contributed by atoms with van der Waals surface area (Å²) in [5, 5.41) is 11.4. The van der Waals surface area contributed by atoms with Gasteiger partial charge >= 0.3 is 0 Å². The van der Waals surface area contributed by atoms with E-state index in [1.54, 1.807) is 13.8 Å². The summed E-state index contributed by atoms with van der Waals surface area (Å²) in [7, 11) is 0. The van der Waals surface area contributed by atoms with Gasteiger partial charge in [0.2, 0.25) is 5.91 Å². The number of rotatable bonds is 4. The van der Waals surface area contributed by atoms with Crippen LogP contribution in [-0.2, 0) is 11.2 Å². The van der Waals surface area contributed by atoms with Gasteiger partial charge < -0.3 is 10.4 Å². The molecule has 0 spiro atoms. The van der Waals surface area contributed by atoms with Gasteiger partial charge in [0.05, 0.1) is 18.6 Å². The number of benzene rings is 1. The Morgan fingerprint density at radius 2 is 1.78 bits per heavy atom. The third kappa shape index (κ3) is 3.73. The first-order chi connectivity index (χ1) is 8.25. The van der Waals surface area contributed by atoms with Crippen LogP contribution in [0.3, 0.4) is 0 Å². The van der Waals surface area contributed by atoms with Crippen molar-refractivity contribution in [2.75, 3.05) is 6.61 Å². The number of amides is 1. The molecule has 1 aromatic carbocycles. The summed E-state index contributed by atoms with van der Waals surface area (Å²) in [4.78, 5) is 11.5. The summed E-state index contributed by atoms with van der Waals surface area (Å²) < 4.78 is 38.8. The molecular formula is C12H14F3NO2. The molecule has 0 aliphatic carbocycles. The first kappa shape index (κ1) is 14.5. The van der Waals surface area contributed by atoms with Crippen molar-refractivity contribution < 1.29 is 23.1 Å². The first-order valence-corrected chi connectivity index (χ1v) is 5.30. The van der Waals surface area contributed by atoms with E-state index in [1.165, 1.54) is 0 Å². The summed E-state index contributed by atoms with van der Waals surface area (Å²) in [6.45, 7) is 2.86. The van der Waals surface area contributed by atoms with Crippen molar-refractivity contribution in [1.29, 1.82) is 0 Å². The number of hydrogen-bond acceptors (Lipinski definition) is 2. The predicted molar refractivity (Wildman–Crippen MR) is 59.3 cm³/mol. The maximum atomic E-state index is 13.3. The molecule has 0 saturated heterocycles. The average molecular weight is 261 g/mol. The summed E-state index contributed by atoms with van der Waals surface area (Å²) >= 11 is 0. The van der Waals surface area contributed by atoms with Crippen LogP contribution < -0.4 is 5.32 Å². The van der Waals surface area contributed by atoms with Crippen LogP contribution in [0.25, 0.3) is 0 Å². The van der Waals surface area contributed by atoms with Gasteiger partial charge in [0, 0.05) is 11.6 Å². The lowest BCUT2D eigenvalue weighted by Crippen LogP contribution is -2.46. The Bertz CT molecular complexity index is 461. The SMILES string of the molecule is CC(C)(CO)NC(=O)Cc1cc(F)c(F)cc1F. The van der Waals surface area contributed by atoms with Crippen molar-refractivity contribution >= 4 is 5.91 Å². The summed E-state index contributed by atoms with van der Waals surface area (Å²) in [5.74, 6) is -4.07. The lowest BCUT2D eigenvalue weighted by atomic mass is 10.1. The number of hydrogen-bond donors (Lipinski definition) is 2. The molecule has 0 aliphatic rings. The van der Waals surface area contributed by atoms with Gasteiger partial charge in [-0.15, -0.1) is 0 Å². The second kappa shape index (κ2) is 5.39. The predicted octanol–water partition coefficient (Wildman–Crippen LogP) is 1.53. The first-order valence-electron chi connectivity index (χ1n) is 5.30. The lowest BCUT2D eigenvalue weighted by Gasteiger charge is -2.23. The zero-order valence-electron chi connectivity index (χ0n) is 10.1. The van der Waals surface area contributed by atoms with Crippen LogP contribution in [0.15, 0.2) is 12.1 Å². The van der Waals surface area contributed by atoms with E-state index in [9.17, 15) is 18.0 Å². The van der Waals surface area contributed by atoms with Gasteiger partial charge in [-0.3, -0.25) is 4.79 Å². The van der Waals surface area contributed by atoms with E-state index in [-0.39, 0.29) is 12.2 Å². The number of carbonyl (C=O) groups is 1. The third-order valence-corrected chi connectivity index (χ3v) is 2.31. The Labute approximate surface area is 103 Å². The number of carbonyl (C=O) groups excluding carboxylic acids is 1. The normalized spacial score (nSPS) is 11.4. The number of halogens is 3. The fraction of sp³-hybridized carbons (Fsp3) is 0.417. The van der Waals surface area contributed by atoms with Crippen molar-refractivity contribution in [2.24, 2.45) is 0 Å². The highest BCUT2D eigenvalue weighted by Gasteiger charge is 2.20. The average Bonchev–Trinajstić information content (AvgIpc) is 2.25. The van der Waals surface area contributed by atoms with Gasteiger partial charge in [-0.2, -0.15) is 0 Å². The molecule has 3 nitrogen and oxygen atoms in total. The van der Waals surface area contributed by atoms with E-state index in [0.717, 1.165) is 0 Å². The molecule has 0 radical (unpaired) electrons. The molecule has 2 N–H and O–H groups in total. The van der Waals surface area contributed by atoms with Crippen LogP contribution in [0.4, 0.5) is 13.2 Å².